The van der Waals surface area contributed by atoms with E-state index in [-0.39, 0.29) is 38.3 Å². The standard InChI is InChI=1S/C53H71NO3/c1-47(2,3)36-23-32(24-37(44(36)55)48(4,5)6)29-43-53(35-21-19-20-22-42(35)54-43,30-33-25-38(49(7,8)9)45(56)39(26-33)50(10,11)12)31-34-27-40(51(13,14)15)46(57)41(28-34)52(16,17)18/h19-29,56-57H,30-31H2,1-18H3. The summed E-state index contributed by atoms with van der Waals surface area (Å²) in [5.41, 5.74) is 9.05. The van der Waals surface area contributed by atoms with Gasteiger partial charge in [0.15, 0.2) is 5.78 Å². The summed E-state index contributed by atoms with van der Waals surface area (Å²) < 4.78 is 0. The Kier molecular flexibility index (Phi) is 11.0. The van der Waals surface area contributed by atoms with E-state index in [1.165, 1.54) is 0 Å². The van der Waals surface area contributed by atoms with Gasteiger partial charge in [0.25, 0.3) is 0 Å². The summed E-state index contributed by atoms with van der Waals surface area (Å²) in [4.78, 5) is 19.6. The van der Waals surface area contributed by atoms with E-state index in [0.29, 0.717) is 24.3 Å². The van der Waals surface area contributed by atoms with Gasteiger partial charge in [-0.1, -0.05) is 167 Å². The van der Waals surface area contributed by atoms with Crippen LogP contribution >= 0.6 is 0 Å². The van der Waals surface area contributed by atoms with E-state index >= 15 is 0 Å². The van der Waals surface area contributed by atoms with Crippen LogP contribution in [0.25, 0.3) is 0 Å². The molecule has 5 rings (SSSR count). The molecule has 0 saturated heterocycles. The molecule has 0 bridgehead atoms. The Morgan fingerprint density at radius 2 is 0.895 bits per heavy atom. The molecule has 0 radical (unpaired) electrons. The number of Topliss-reactive ketones (excluding diaryl/α,β-unsaturated/α-hetero) is 1. The monoisotopic (exact) mass is 770 g/mol. The van der Waals surface area contributed by atoms with Crippen molar-refractivity contribution in [2.75, 3.05) is 0 Å². The molecule has 57 heavy (non-hydrogen) atoms. The number of hydrogen-bond acceptors (Lipinski definition) is 4. The summed E-state index contributed by atoms with van der Waals surface area (Å²) in [6.45, 7) is 38.6. The van der Waals surface area contributed by atoms with E-state index in [4.69, 9.17) is 4.99 Å². The normalized spacial score (nSPS) is 16.6. The Morgan fingerprint density at radius 3 is 1.23 bits per heavy atom. The van der Waals surface area contributed by atoms with Crippen molar-refractivity contribution in [1.29, 1.82) is 0 Å². The fourth-order valence-electron chi connectivity index (χ4n) is 8.54. The molecule has 2 aliphatic rings. The molecule has 0 unspecified atom stereocenters. The van der Waals surface area contributed by atoms with Gasteiger partial charge in [-0.15, -0.1) is 0 Å². The number of fused-ring (bicyclic) bond motifs is 1. The van der Waals surface area contributed by atoms with Gasteiger partial charge in [0.05, 0.1) is 11.4 Å². The molecule has 3 aromatic carbocycles. The van der Waals surface area contributed by atoms with Crippen LogP contribution in [-0.4, -0.2) is 21.7 Å². The SMILES string of the molecule is CC(C)(C)C1=CC(=CC2=Nc3ccccc3C2(Cc2cc(C(C)(C)C)c(O)c(C(C)(C)C)c2)Cc2cc(C(C)(C)C)c(O)c(C(C)(C)C)c2)C=C(C(C)(C)C)C1=O. The number of allylic oxidation sites excluding steroid dienone is 6. The van der Waals surface area contributed by atoms with Crippen LogP contribution in [-0.2, 0) is 44.7 Å². The fraction of sp³-hybridized carbons (Fsp3) is 0.509. The first-order valence-corrected chi connectivity index (χ1v) is 20.9. The summed E-state index contributed by atoms with van der Waals surface area (Å²) in [6.07, 6.45) is 7.65. The Bertz CT molecular complexity index is 2020. The van der Waals surface area contributed by atoms with Crippen molar-refractivity contribution in [2.24, 2.45) is 15.8 Å². The van der Waals surface area contributed by atoms with Crippen LogP contribution in [0, 0.1) is 10.8 Å². The third kappa shape index (κ3) is 8.81. The van der Waals surface area contributed by atoms with Gasteiger partial charge in [-0.25, -0.2) is 0 Å². The van der Waals surface area contributed by atoms with Crippen LogP contribution in [0.15, 0.2) is 88.5 Å². The van der Waals surface area contributed by atoms with E-state index < -0.39 is 5.41 Å². The van der Waals surface area contributed by atoms with Gasteiger partial charge in [-0.2, -0.15) is 0 Å². The van der Waals surface area contributed by atoms with E-state index in [9.17, 15) is 15.0 Å². The van der Waals surface area contributed by atoms with E-state index in [1.807, 2.05) is 0 Å². The summed E-state index contributed by atoms with van der Waals surface area (Å²) in [7, 11) is 0. The quantitative estimate of drug-likeness (QED) is 0.271. The van der Waals surface area contributed by atoms with E-state index in [2.05, 4.69) is 191 Å². The molecule has 2 N–H and O–H groups in total. The van der Waals surface area contributed by atoms with Gasteiger partial charge in [-0.05, 0) is 114 Å². The highest BCUT2D eigenvalue weighted by Crippen LogP contribution is 2.50. The lowest BCUT2D eigenvalue weighted by Crippen LogP contribution is -2.38. The number of carbonyl (C=O) groups excluding carboxylic acids is 1. The second kappa shape index (κ2) is 14.3. The second-order valence-electron chi connectivity index (χ2n) is 23.1. The number of carbonyl (C=O) groups is 1. The Hall–Kier alpha value is -4.18. The number of hydrogen-bond donors (Lipinski definition) is 2. The molecule has 4 heteroatoms. The van der Waals surface area contributed by atoms with Crippen molar-refractivity contribution in [2.45, 2.75) is 165 Å². The van der Waals surface area contributed by atoms with Crippen molar-refractivity contribution < 1.29 is 15.0 Å². The molecule has 0 fully saturated rings. The smallest absolute Gasteiger partial charge is 0.186 e. The van der Waals surface area contributed by atoms with Gasteiger partial charge < -0.3 is 10.2 Å². The van der Waals surface area contributed by atoms with Crippen LogP contribution in [0.1, 0.15) is 164 Å². The maximum atomic E-state index is 14.1. The minimum absolute atomic E-state index is 0.108. The molecule has 1 heterocycles. The highest BCUT2D eigenvalue weighted by molar-refractivity contribution is 6.14. The number of phenols is 2. The van der Waals surface area contributed by atoms with Crippen LogP contribution in [0.2, 0.25) is 0 Å². The highest BCUT2D eigenvalue weighted by atomic mass is 16.3. The minimum Gasteiger partial charge on any atom is -0.507 e. The fourth-order valence-corrected chi connectivity index (χ4v) is 8.54. The summed E-state index contributed by atoms with van der Waals surface area (Å²) in [5.74, 6) is 0.841. The zero-order chi connectivity index (χ0) is 43.1. The first kappa shape index (κ1) is 43.9. The number of rotatable bonds is 5. The number of para-hydroxylation sites is 1. The average molecular weight is 770 g/mol. The number of benzene rings is 3. The molecular weight excluding hydrogens is 699 g/mol. The lowest BCUT2D eigenvalue weighted by Gasteiger charge is -2.36. The molecule has 0 aromatic heterocycles. The maximum Gasteiger partial charge on any atom is 0.186 e. The van der Waals surface area contributed by atoms with E-state index in [1.54, 1.807) is 0 Å². The number of phenolic OH excluding ortho intramolecular Hbond substituents is 2. The molecular formula is C53H71NO3. The second-order valence-corrected chi connectivity index (χ2v) is 23.1. The van der Waals surface area contributed by atoms with E-state index in [0.717, 1.165) is 67.1 Å². The van der Waals surface area contributed by atoms with Gasteiger partial charge in [-0.3, -0.25) is 9.79 Å². The van der Waals surface area contributed by atoms with Gasteiger partial charge >= 0.3 is 0 Å². The number of aliphatic imine (C=N–C) groups is 1. The maximum absolute atomic E-state index is 14.1. The summed E-state index contributed by atoms with van der Waals surface area (Å²) in [6, 6.07) is 17.4. The molecule has 0 atom stereocenters. The zero-order valence-electron chi connectivity index (χ0n) is 38.5. The van der Waals surface area contributed by atoms with Crippen molar-refractivity contribution in [3.8, 4) is 11.5 Å². The van der Waals surface area contributed by atoms with Gasteiger partial charge in [0.2, 0.25) is 0 Å². The largest absolute Gasteiger partial charge is 0.507 e. The summed E-state index contributed by atoms with van der Waals surface area (Å²) in [5, 5.41) is 23.6. The van der Waals surface area contributed by atoms with Crippen LogP contribution in [0.4, 0.5) is 5.69 Å². The predicted octanol–water partition coefficient (Wildman–Crippen LogP) is 13.6. The Morgan fingerprint density at radius 1 is 0.544 bits per heavy atom. The highest BCUT2D eigenvalue weighted by Gasteiger charge is 2.45. The first-order valence-electron chi connectivity index (χ1n) is 20.9. The zero-order valence-corrected chi connectivity index (χ0v) is 38.5. The third-order valence-electron chi connectivity index (χ3n) is 11.8. The Balaban J connectivity index is 1.91. The molecule has 0 saturated carbocycles. The van der Waals surface area contributed by atoms with Crippen LogP contribution in [0.3, 0.4) is 0 Å². The van der Waals surface area contributed by atoms with Crippen molar-refractivity contribution >= 4 is 17.2 Å². The molecule has 0 amide bonds. The van der Waals surface area contributed by atoms with Crippen molar-refractivity contribution in [3.63, 3.8) is 0 Å². The number of ketones is 1. The number of aromatic hydroxyl groups is 2. The van der Waals surface area contributed by atoms with Crippen molar-refractivity contribution in [1.82, 2.24) is 0 Å². The Labute approximate surface area is 345 Å². The third-order valence-corrected chi connectivity index (χ3v) is 11.8. The molecule has 1 aliphatic heterocycles. The minimum atomic E-state index is -0.640. The molecule has 1 aliphatic carbocycles. The van der Waals surface area contributed by atoms with Crippen molar-refractivity contribution in [3.05, 3.63) is 122 Å². The van der Waals surface area contributed by atoms with Crippen LogP contribution < -0.4 is 0 Å². The van der Waals surface area contributed by atoms with Crippen LogP contribution in [0.5, 0.6) is 11.5 Å². The molecule has 306 valence electrons. The lowest BCUT2D eigenvalue weighted by atomic mass is 9.66. The number of nitrogens with zero attached hydrogens (tertiary/aromatic N) is 1. The lowest BCUT2D eigenvalue weighted by molar-refractivity contribution is -0.114. The molecule has 4 nitrogen and oxygen atoms in total. The van der Waals surface area contributed by atoms with Gasteiger partial charge in [0, 0.05) is 16.6 Å². The molecule has 0 spiro atoms. The topological polar surface area (TPSA) is 69.9 Å². The van der Waals surface area contributed by atoms with Gasteiger partial charge in [0.1, 0.15) is 11.5 Å². The summed E-state index contributed by atoms with van der Waals surface area (Å²) >= 11 is 0. The predicted molar refractivity (Wildman–Crippen MR) is 242 cm³/mol. The molecule has 3 aromatic rings. The average Bonchev–Trinajstić information content (AvgIpc) is 3.31. The first-order chi connectivity index (χ1) is 25.7.